The van der Waals surface area contributed by atoms with Crippen LogP contribution in [0.2, 0.25) is 0 Å². The molecule has 0 heterocycles. The van der Waals surface area contributed by atoms with E-state index >= 15 is 0 Å². The van der Waals surface area contributed by atoms with Crippen LogP contribution in [0.15, 0.2) is 30.3 Å². The van der Waals surface area contributed by atoms with Crippen molar-refractivity contribution in [3.8, 4) is 0 Å². The predicted molar refractivity (Wildman–Crippen MR) is 90.2 cm³/mol. The van der Waals surface area contributed by atoms with Crippen LogP contribution in [0.5, 0.6) is 0 Å². The second-order valence-electron chi connectivity index (χ2n) is 5.89. The van der Waals surface area contributed by atoms with E-state index < -0.39 is 15.1 Å². The average molecular weight is 311 g/mol. The first-order valence-electron chi connectivity index (χ1n) is 7.92. The van der Waals surface area contributed by atoms with Gasteiger partial charge in [0, 0.05) is 6.04 Å². The zero-order valence-corrected chi connectivity index (χ0v) is 14.5. The summed E-state index contributed by atoms with van der Waals surface area (Å²) < 4.78 is 25.3. The average Bonchev–Trinajstić information content (AvgIpc) is 2.48. The van der Waals surface area contributed by atoms with Crippen molar-refractivity contribution in [1.82, 2.24) is 5.32 Å². The predicted octanol–water partition coefficient (Wildman–Crippen LogP) is 3.58. The molecule has 1 aromatic carbocycles. The molecule has 1 rings (SSSR count). The summed E-state index contributed by atoms with van der Waals surface area (Å²) in [5, 5.41) is 2.99. The highest BCUT2D eigenvalue weighted by atomic mass is 32.2. The second-order valence-corrected chi connectivity index (χ2v) is 8.29. The minimum Gasteiger partial charge on any atom is -0.309 e. The lowest BCUT2D eigenvalue weighted by Crippen LogP contribution is -2.38. The van der Waals surface area contributed by atoms with Crippen molar-refractivity contribution in [1.29, 1.82) is 0 Å². The molecule has 0 aromatic heterocycles. The molecule has 3 nitrogen and oxygen atoms in total. The van der Waals surface area contributed by atoms with Gasteiger partial charge in [0.2, 0.25) is 0 Å². The molecule has 3 unspecified atom stereocenters. The lowest BCUT2D eigenvalue weighted by molar-refractivity contribution is 0.490. The van der Waals surface area contributed by atoms with E-state index in [-0.39, 0.29) is 17.7 Å². The fourth-order valence-electron chi connectivity index (χ4n) is 2.39. The van der Waals surface area contributed by atoms with Crippen LogP contribution in [0.25, 0.3) is 0 Å². The van der Waals surface area contributed by atoms with Gasteiger partial charge in [0.15, 0.2) is 9.84 Å². The monoisotopic (exact) mass is 311 g/mol. The van der Waals surface area contributed by atoms with Crippen molar-refractivity contribution in [3.05, 3.63) is 35.9 Å². The lowest BCUT2D eigenvalue weighted by Gasteiger charge is -2.26. The van der Waals surface area contributed by atoms with E-state index in [2.05, 4.69) is 12.2 Å². The van der Waals surface area contributed by atoms with Crippen molar-refractivity contribution in [2.45, 2.75) is 51.8 Å². The Morgan fingerprint density at radius 3 is 2.24 bits per heavy atom. The Morgan fingerprint density at radius 1 is 1.10 bits per heavy atom. The first kappa shape index (κ1) is 18.2. The molecule has 0 saturated heterocycles. The summed E-state index contributed by atoms with van der Waals surface area (Å²) in [7, 11) is -3.11. The van der Waals surface area contributed by atoms with Crippen LogP contribution in [-0.2, 0) is 9.84 Å². The first-order valence-corrected chi connectivity index (χ1v) is 9.63. The molecule has 0 radical (unpaired) electrons. The van der Waals surface area contributed by atoms with E-state index in [0.717, 1.165) is 24.9 Å². The molecule has 0 spiro atoms. The molecule has 0 amide bonds. The number of hydrogen-bond donors (Lipinski definition) is 1. The first-order chi connectivity index (χ1) is 9.92. The smallest absolute Gasteiger partial charge is 0.155 e. The number of hydrogen-bond acceptors (Lipinski definition) is 3. The number of nitrogens with one attached hydrogen (secondary N) is 1. The van der Waals surface area contributed by atoms with E-state index in [0.29, 0.717) is 0 Å². The molecule has 0 aliphatic rings. The van der Waals surface area contributed by atoms with Crippen LogP contribution in [-0.4, -0.2) is 26.0 Å². The quantitative estimate of drug-likeness (QED) is 0.758. The van der Waals surface area contributed by atoms with Gasteiger partial charge < -0.3 is 5.32 Å². The lowest BCUT2D eigenvalue weighted by atomic mass is 10.0. The van der Waals surface area contributed by atoms with Gasteiger partial charge in [0.1, 0.15) is 0 Å². The summed E-state index contributed by atoms with van der Waals surface area (Å²) in [6.45, 7) is 8.78. The van der Waals surface area contributed by atoms with Crippen LogP contribution >= 0.6 is 0 Å². The normalized spacial score (nSPS) is 16.4. The van der Waals surface area contributed by atoms with Gasteiger partial charge in [-0.3, -0.25) is 0 Å². The molecular formula is C17H29NO2S. The van der Waals surface area contributed by atoms with Gasteiger partial charge >= 0.3 is 0 Å². The van der Waals surface area contributed by atoms with Crippen molar-refractivity contribution in [2.24, 2.45) is 5.92 Å². The number of benzene rings is 1. The highest BCUT2D eigenvalue weighted by molar-refractivity contribution is 7.92. The van der Waals surface area contributed by atoms with Crippen LogP contribution in [0, 0.1) is 5.92 Å². The molecule has 1 N–H and O–H groups in total. The summed E-state index contributed by atoms with van der Waals surface area (Å²) in [6, 6.07) is 9.75. The van der Waals surface area contributed by atoms with E-state index in [1.54, 1.807) is 0 Å². The maximum atomic E-state index is 12.6. The number of rotatable bonds is 9. The topological polar surface area (TPSA) is 46.2 Å². The largest absolute Gasteiger partial charge is 0.309 e. The fourth-order valence-corrected chi connectivity index (χ4v) is 4.39. The van der Waals surface area contributed by atoms with E-state index in [1.165, 1.54) is 0 Å². The Labute approximate surface area is 130 Å². The molecule has 0 fully saturated rings. The molecule has 0 saturated carbocycles. The summed E-state index contributed by atoms with van der Waals surface area (Å²) in [5.41, 5.74) is 1.05. The Kier molecular flexibility index (Phi) is 7.40. The summed E-state index contributed by atoms with van der Waals surface area (Å²) in [5.74, 6) is 0.474. The van der Waals surface area contributed by atoms with Crippen LogP contribution in [0.3, 0.4) is 0 Å². The van der Waals surface area contributed by atoms with Gasteiger partial charge in [-0.1, -0.05) is 57.5 Å². The van der Waals surface area contributed by atoms with Crippen LogP contribution in [0.4, 0.5) is 0 Å². The molecular weight excluding hydrogens is 282 g/mol. The molecule has 0 aliphatic heterocycles. The molecule has 0 aliphatic carbocycles. The van der Waals surface area contributed by atoms with Gasteiger partial charge in [0.05, 0.1) is 11.0 Å². The van der Waals surface area contributed by atoms with Crippen LogP contribution in [0.1, 0.15) is 52.1 Å². The maximum absolute atomic E-state index is 12.6. The van der Waals surface area contributed by atoms with E-state index in [1.807, 2.05) is 51.1 Å². The fraction of sp³-hybridized carbons (Fsp3) is 0.647. The Balaban J connectivity index is 2.97. The Morgan fingerprint density at radius 2 is 1.71 bits per heavy atom. The highest BCUT2D eigenvalue weighted by Crippen LogP contribution is 2.24. The molecule has 1 aromatic rings. The van der Waals surface area contributed by atoms with Gasteiger partial charge in [0.25, 0.3) is 0 Å². The van der Waals surface area contributed by atoms with Crippen molar-refractivity contribution in [2.75, 3.05) is 12.3 Å². The second kappa shape index (κ2) is 8.54. The Hall–Kier alpha value is -0.870. The third-order valence-electron chi connectivity index (χ3n) is 4.02. The molecule has 120 valence electrons. The van der Waals surface area contributed by atoms with Gasteiger partial charge in [-0.05, 0) is 31.4 Å². The standard InChI is InChI=1S/C17H29NO2S/c1-5-12-18-17(16-10-8-7-9-11-16)15(4)21(19,20)13-14(3)6-2/h7-11,14-15,17-18H,5-6,12-13H2,1-4H3. The molecule has 21 heavy (non-hydrogen) atoms. The Bertz CT molecular complexity index is 499. The zero-order valence-electron chi connectivity index (χ0n) is 13.7. The summed E-state index contributed by atoms with van der Waals surface area (Å²) >= 11 is 0. The molecule has 4 heteroatoms. The van der Waals surface area contributed by atoms with E-state index in [9.17, 15) is 8.42 Å². The molecule has 0 bridgehead atoms. The highest BCUT2D eigenvalue weighted by Gasteiger charge is 2.30. The maximum Gasteiger partial charge on any atom is 0.155 e. The number of sulfone groups is 1. The minimum absolute atomic E-state index is 0.139. The minimum atomic E-state index is -3.11. The summed E-state index contributed by atoms with van der Waals surface area (Å²) in [4.78, 5) is 0. The third-order valence-corrected chi connectivity index (χ3v) is 6.46. The van der Waals surface area contributed by atoms with Gasteiger partial charge in [-0.15, -0.1) is 0 Å². The van der Waals surface area contributed by atoms with Gasteiger partial charge in [-0.25, -0.2) is 8.42 Å². The van der Waals surface area contributed by atoms with Crippen molar-refractivity contribution < 1.29 is 8.42 Å². The molecule has 3 atom stereocenters. The van der Waals surface area contributed by atoms with Crippen molar-refractivity contribution in [3.63, 3.8) is 0 Å². The van der Waals surface area contributed by atoms with Crippen molar-refractivity contribution >= 4 is 9.84 Å². The SMILES string of the molecule is CCCNC(c1ccccc1)C(C)S(=O)(=O)CC(C)CC. The third kappa shape index (κ3) is 5.44. The van der Waals surface area contributed by atoms with Gasteiger partial charge in [-0.2, -0.15) is 0 Å². The zero-order chi connectivity index (χ0) is 15.9. The van der Waals surface area contributed by atoms with E-state index in [4.69, 9.17) is 0 Å². The summed E-state index contributed by atoms with van der Waals surface area (Å²) in [6.07, 6.45) is 1.88. The van der Waals surface area contributed by atoms with Crippen LogP contribution < -0.4 is 5.32 Å².